The smallest absolute Gasteiger partial charge is 0.279 e. The lowest BCUT2D eigenvalue weighted by Gasteiger charge is -2.16. The first-order valence-corrected chi connectivity index (χ1v) is 11.8. The van der Waals surface area contributed by atoms with E-state index in [0.29, 0.717) is 15.4 Å². The molecule has 1 heterocycles. The number of halogens is 1. The Labute approximate surface area is 178 Å². The van der Waals surface area contributed by atoms with Gasteiger partial charge in [-0.1, -0.05) is 29.0 Å². The summed E-state index contributed by atoms with van der Waals surface area (Å²) >= 11 is 7.64. The number of carbonyl (C=O) groups is 1. The molecular weight excluding hydrogens is 430 g/mol. The van der Waals surface area contributed by atoms with Crippen molar-refractivity contribution >= 4 is 49.1 Å². The maximum atomic E-state index is 12.7. The van der Waals surface area contributed by atoms with Gasteiger partial charge in [0.25, 0.3) is 5.91 Å². The summed E-state index contributed by atoms with van der Waals surface area (Å²) in [6.07, 6.45) is 1.78. The zero-order valence-electron chi connectivity index (χ0n) is 16.2. The summed E-state index contributed by atoms with van der Waals surface area (Å²) in [4.78, 5) is 17.6. The van der Waals surface area contributed by atoms with Gasteiger partial charge in [0.2, 0.25) is 10.0 Å². The average Bonchev–Trinajstić information content (AvgIpc) is 3.49. The lowest BCUT2D eigenvalue weighted by molar-refractivity contribution is 0.0998. The van der Waals surface area contributed by atoms with Crippen molar-refractivity contribution in [3.63, 3.8) is 0 Å². The Hall–Kier alpha value is -2.00. The Morgan fingerprint density at radius 1 is 1.21 bits per heavy atom. The van der Waals surface area contributed by atoms with Crippen molar-refractivity contribution in [3.05, 3.63) is 57.3 Å². The first-order chi connectivity index (χ1) is 13.7. The molecule has 0 unspecified atom stereocenters. The molecule has 152 valence electrons. The van der Waals surface area contributed by atoms with E-state index in [2.05, 4.69) is 4.99 Å². The molecule has 3 aromatic rings. The highest BCUT2D eigenvalue weighted by atomic mass is 35.5. The third-order valence-electron chi connectivity index (χ3n) is 5.14. The fraction of sp³-hybridized carbons (Fsp3) is 0.300. The summed E-state index contributed by atoms with van der Waals surface area (Å²) in [5.41, 5.74) is 2.32. The van der Waals surface area contributed by atoms with Gasteiger partial charge >= 0.3 is 0 Å². The number of rotatable bonds is 4. The molecule has 1 amide bonds. The number of benzene rings is 2. The standard InChI is InChI=1S/C20H20ClN3O3S2/c1-12-4-11-16(21)18-17(12)23(2)20(28-18)22-19(25)13-5-9-15(10-6-13)29(26,27)24(3)14-7-8-14/h4-6,9-11,14H,7-8H2,1-3H3. The van der Waals surface area contributed by atoms with E-state index in [9.17, 15) is 13.2 Å². The minimum absolute atomic E-state index is 0.0829. The number of hydrogen-bond acceptors (Lipinski definition) is 4. The Kier molecular flexibility index (Phi) is 5.14. The van der Waals surface area contributed by atoms with E-state index in [-0.39, 0.29) is 10.9 Å². The number of thiazole rings is 1. The second-order valence-corrected chi connectivity index (χ2v) is 10.6. The molecule has 0 aliphatic heterocycles. The van der Waals surface area contributed by atoms with Crippen LogP contribution in [0.5, 0.6) is 0 Å². The highest BCUT2D eigenvalue weighted by Gasteiger charge is 2.35. The number of hydrogen-bond donors (Lipinski definition) is 0. The first-order valence-electron chi connectivity index (χ1n) is 9.12. The minimum atomic E-state index is -3.54. The van der Waals surface area contributed by atoms with Gasteiger partial charge in [-0.3, -0.25) is 4.79 Å². The van der Waals surface area contributed by atoms with Crippen LogP contribution in [0.15, 0.2) is 46.3 Å². The number of sulfonamides is 1. The molecule has 0 spiro atoms. The third kappa shape index (κ3) is 3.66. The van der Waals surface area contributed by atoms with Crippen LogP contribution in [0.2, 0.25) is 5.02 Å². The van der Waals surface area contributed by atoms with Crippen LogP contribution in [0.25, 0.3) is 10.2 Å². The Morgan fingerprint density at radius 3 is 2.45 bits per heavy atom. The van der Waals surface area contributed by atoms with Gasteiger partial charge in [0.05, 0.1) is 20.1 Å². The van der Waals surface area contributed by atoms with Crippen LogP contribution in [-0.2, 0) is 17.1 Å². The second-order valence-electron chi connectivity index (χ2n) is 7.18. The number of aromatic nitrogens is 1. The summed E-state index contributed by atoms with van der Waals surface area (Å²) in [5.74, 6) is -0.430. The van der Waals surface area contributed by atoms with E-state index in [1.165, 1.54) is 39.9 Å². The maximum absolute atomic E-state index is 12.7. The van der Waals surface area contributed by atoms with Crippen molar-refractivity contribution in [2.45, 2.75) is 30.7 Å². The molecule has 0 radical (unpaired) electrons. The third-order valence-corrected chi connectivity index (χ3v) is 8.65. The molecule has 1 fully saturated rings. The summed E-state index contributed by atoms with van der Waals surface area (Å²) in [7, 11) is -0.0978. The van der Waals surface area contributed by atoms with E-state index >= 15 is 0 Å². The highest BCUT2D eigenvalue weighted by Crippen LogP contribution is 2.30. The summed E-state index contributed by atoms with van der Waals surface area (Å²) < 4.78 is 29.3. The fourth-order valence-electron chi connectivity index (χ4n) is 3.23. The lowest BCUT2D eigenvalue weighted by atomic mass is 10.2. The zero-order chi connectivity index (χ0) is 20.9. The van der Waals surface area contributed by atoms with Crippen LogP contribution in [0.1, 0.15) is 28.8 Å². The largest absolute Gasteiger partial charge is 0.319 e. The summed E-state index contributed by atoms with van der Waals surface area (Å²) in [6, 6.07) is 9.78. The molecule has 0 N–H and O–H groups in total. The maximum Gasteiger partial charge on any atom is 0.279 e. The zero-order valence-corrected chi connectivity index (χ0v) is 18.6. The molecule has 1 aliphatic carbocycles. The Morgan fingerprint density at radius 2 is 1.86 bits per heavy atom. The molecule has 1 aliphatic rings. The number of carbonyl (C=O) groups excluding carboxylic acids is 1. The SMILES string of the molecule is Cc1ccc(Cl)c2sc(=NC(=O)c3ccc(S(=O)(=O)N(C)C4CC4)cc3)n(C)c12. The Bertz CT molecular complexity index is 1290. The lowest BCUT2D eigenvalue weighted by Crippen LogP contribution is -2.28. The van der Waals surface area contributed by atoms with E-state index in [1.54, 1.807) is 7.05 Å². The van der Waals surface area contributed by atoms with Crippen LogP contribution in [0.3, 0.4) is 0 Å². The number of nitrogens with zero attached hydrogens (tertiary/aromatic N) is 3. The minimum Gasteiger partial charge on any atom is -0.319 e. The molecule has 9 heteroatoms. The molecular formula is C20H20ClN3O3S2. The molecule has 2 aromatic carbocycles. The van der Waals surface area contributed by atoms with Gasteiger partial charge in [-0.05, 0) is 55.7 Å². The predicted octanol–water partition coefficient (Wildman–Crippen LogP) is 3.73. The van der Waals surface area contributed by atoms with Crippen molar-refractivity contribution in [1.82, 2.24) is 8.87 Å². The predicted molar refractivity (Wildman–Crippen MR) is 115 cm³/mol. The van der Waals surface area contributed by atoms with Crippen LogP contribution in [0, 0.1) is 6.92 Å². The van der Waals surface area contributed by atoms with Gasteiger partial charge in [0, 0.05) is 25.7 Å². The molecule has 0 atom stereocenters. The van der Waals surface area contributed by atoms with Crippen LogP contribution >= 0.6 is 22.9 Å². The molecule has 0 saturated heterocycles. The molecule has 1 saturated carbocycles. The van der Waals surface area contributed by atoms with Crippen molar-refractivity contribution in [2.75, 3.05) is 7.05 Å². The van der Waals surface area contributed by atoms with Crippen LogP contribution in [0.4, 0.5) is 0 Å². The number of amides is 1. The fourth-order valence-corrected chi connectivity index (χ4v) is 6.02. The van der Waals surface area contributed by atoms with Crippen molar-refractivity contribution < 1.29 is 13.2 Å². The van der Waals surface area contributed by atoms with E-state index in [4.69, 9.17) is 11.6 Å². The van der Waals surface area contributed by atoms with E-state index in [1.807, 2.05) is 30.7 Å². The monoisotopic (exact) mass is 449 g/mol. The molecule has 6 nitrogen and oxygen atoms in total. The normalized spacial score (nSPS) is 15.4. The molecule has 0 bridgehead atoms. The Balaban J connectivity index is 1.67. The summed E-state index contributed by atoms with van der Waals surface area (Å²) in [6.45, 7) is 1.98. The average molecular weight is 450 g/mol. The van der Waals surface area contributed by atoms with Gasteiger partial charge in [-0.25, -0.2) is 8.42 Å². The quantitative estimate of drug-likeness (QED) is 0.609. The molecule has 1 aromatic heterocycles. The van der Waals surface area contributed by atoms with Gasteiger partial charge in [0.15, 0.2) is 4.80 Å². The van der Waals surface area contributed by atoms with Crippen molar-refractivity contribution in [3.8, 4) is 0 Å². The highest BCUT2D eigenvalue weighted by molar-refractivity contribution is 7.89. The first kappa shape index (κ1) is 20.3. The molecule has 4 rings (SSSR count). The van der Waals surface area contributed by atoms with Gasteiger partial charge in [0.1, 0.15) is 0 Å². The van der Waals surface area contributed by atoms with Gasteiger partial charge in [-0.2, -0.15) is 9.30 Å². The van der Waals surface area contributed by atoms with Crippen molar-refractivity contribution in [1.29, 1.82) is 0 Å². The second kappa shape index (κ2) is 7.36. The van der Waals surface area contributed by atoms with Gasteiger partial charge in [-0.15, -0.1) is 0 Å². The van der Waals surface area contributed by atoms with E-state index < -0.39 is 15.9 Å². The number of aryl methyl sites for hydroxylation is 2. The number of fused-ring (bicyclic) bond motifs is 1. The van der Waals surface area contributed by atoms with Crippen LogP contribution < -0.4 is 4.80 Å². The van der Waals surface area contributed by atoms with Gasteiger partial charge < -0.3 is 4.57 Å². The van der Waals surface area contributed by atoms with E-state index in [0.717, 1.165) is 28.6 Å². The van der Waals surface area contributed by atoms with Crippen LogP contribution in [-0.4, -0.2) is 36.3 Å². The topological polar surface area (TPSA) is 71.7 Å². The molecule has 29 heavy (non-hydrogen) atoms. The summed E-state index contributed by atoms with van der Waals surface area (Å²) in [5, 5.41) is 0.620. The van der Waals surface area contributed by atoms with Crippen molar-refractivity contribution in [2.24, 2.45) is 12.0 Å².